The molecular formula is C13H20N2O2. The van der Waals surface area contributed by atoms with Crippen molar-refractivity contribution in [2.75, 3.05) is 20.1 Å². The fourth-order valence-electron chi connectivity index (χ4n) is 2.33. The van der Waals surface area contributed by atoms with Crippen LogP contribution in [0.3, 0.4) is 0 Å². The number of nitrogens with zero attached hydrogens (tertiary/aromatic N) is 2. The highest BCUT2D eigenvalue weighted by Crippen LogP contribution is 2.17. The van der Waals surface area contributed by atoms with Gasteiger partial charge in [-0.3, -0.25) is 0 Å². The summed E-state index contributed by atoms with van der Waals surface area (Å²) in [4.78, 5) is 15.9. The van der Waals surface area contributed by atoms with E-state index in [1.165, 1.54) is 6.42 Å². The molecule has 1 atom stereocenters. The minimum absolute atomic E-state index is 0.123. The van der Waals surface area contributed by atoms with E-state index >= 15 is 0 Å². The normalized spacial score (nSPS) is 20.4. The van der Waals surface area contributed by atoms with E-state index in [-0.39, 0.29) is 6.03 Å². The van der Waals surface area contributed by atoms with Crippen molar-refractivity contribution in [1.29, 1.82) is 0 Å². The summed E-state index contributed by atoms with van der Waals surface area (Å²) in [6, 6.07) is 2.01. The van der Waals surface area contributed by atoms with E-state index in [1.807, 2.05) is 18.0 Å². The molecule has 2 heterocycles. The number of amides is 2. The van der Waals surface area contributed by atoms with Crippen LogP contribution in [-0.2, 0) is 6.54 Å². The van der Waals surface area contributed by atoms with Crippen LogP contribution in [0.1, 0.15) is 25.3 Å². The Labute approximate surface area is 102 Å². The lowest BCUT2D eigenvalue weighted by molar-refractivity contribution is 0.137. The van der Waals surface area contributed by atoms with Crippen LogP contribution in [0.2, 0.25) is 0 Å². The van der Waals surface area contributed by atoms with E-state index in [1.54, 1.807) is 17.4 Å². The van der Waals surface area contributed by atoms with Gasteiger partial charge in [-0.25, -0.2) is 4.79 Å². The third-order valence-corrected chi connectivity index (χ3v) is 3.25. The van der Waals surface area contributed by atoms with Gasteiger partial charge in [0, 0.05) is 25.7 Å². The van der Waals surface area contributed by atoms with E-state index < -0.39 is 0 Å². The average Bonchev–Trinajstić information content (AvgIpc) is 2.80. The van der Waals surface area contributed by atoms with Gasteiger partial charge in [-0.2, -0.15) is 0 Å². The zero-order valence-electron chi connectivity index (χ0n) is 10.6. The van der Waals surface area contributed by atoms with E-state index in [2.05, 4.69) is 6.92 Å². The van der Waals surface area contributed by atoms with Gasteiger partial charge in [0.1, 0.15) is 0 Å². The van der Waals surface area contributed by atoms with Gasteiger partial charge in [-0.05, 0) is 24.8 Å². The topological polar surface area (TPSA) is 36.7 Å². The molecule has 0 saturated carbocycles. The van der Waals surface area contributed by atoms with E-state index in [0.717, 1.165) is 25.1 Å². The van der Waals surface area contributed by atoms with E-state index in [9.17, 15) is 4.79 Å². The summed E-state index contributed by atoms with van der Waals surface area (Å²) in [5.41, 5.74) is 1.03. The second-order valence-corrected chi connectivity index (χ2v) is 4.96. The highest BCUT2D eigenvalue weighted by atomic mass is 16.3. The van der Waals surface area contributed by atoms with Crippen molar-refractivity contribution in [2.24, 2.45) is 5.92 Å². The minimum atomic E-state index is 0.123. The fraction of sp³-hybridized carbons (Fsp3) is 0.615. The molecule has 4 nitrogen and oxygen atoms in total. The molecule has 1 unspecified atom stereocenters. The first kappa shape index (κ1) is 12.0. The largest absolute Gasteiger partial charge is 0.472 e. The van der Waals surface area contributed by atoms with Crippen LogP contribution < -0.4 is 0 Å². The second kappa shape index (κ2) is 5.25. The Morgan fingerprint density at radius 2 is 2.47 bits per heavy atom. The molecule has 2 rings (SSSR count). The third-order valence-electron chi connectivity index (χ3n) is 3.25. The van der Waals surface area contributed by atoms with Crippen molar-refractivity contribution < 1.29 is 9.21 Å². The van der Waals surface area contributed by atoms with Crippen LogP contribution in [-0.4, -0.2) is 36.0 Å². The molecule has 1 aromatic heterocycles. The standard InChI is InChI=1S/C13H20N2O2/c1-11-4-3-6-15(8-11)13(16)14(2)9-12-5-7-17-10-12/h5,7,10-11H,3-4,6,8-9H2,1-2H3. The number of likely N-dealkylation sites (tertiary alicyclic amines) is 1. The molecule has 2 amide bonds. The first-order valence-electron chi connectivity index (χ1n) is 6.18. The molecule has 1 saturated heterocycles. The quantitative estimate of drug-likeness (QED) is 0.791. The number of furan rings is 1. The zero-order chi connectivity index (χ0) is 12.3. The lowest BCUT2D eigenvalue weighted by Gasteiger charge is -2.33. The van der Waals surface area contributed by atoms with Crippen molar-refractivity contribution in [2.45, 2.75) is 26.3 Å². The molecule has 0 aromatic carbocycles. The highest BCUT2D eigenvalue weighted by Gasteiger charge is 2.23. The van der Waals surface area contributed by atoms with Crippen LogP contribution in [0, 0.1) is 5.92 Å². The number of rotatable bonds is 2. The first-order valence-corrected chi connectivity index (χ1v) is 6.18. The molecule has 0 bridgehead atoms. The van der Waals surface area contributed by atoms with Gasteiger partial charge in [-0.15, -0.1) is 0 Å². The summed E-state index contributed by atoms with van der Waals surface area (Å²) in [7, 11) is 1.84. The predicted molar refractivity (Wildman–Crippen MR) is 65.5 cm³/mol. The number of urea groups is 1. The van der Waals surface area contributed by atoms with Gasteiger partial charge in [0.2, 0.25) is 0 Å². The van der Waals surface area contributed by atoms with Crippen molar-refractivity contribution >= 4 is 6.03 Å². The minimum Gasteiger partial charge on any atom is -0.472 e. The maximum Gasteiger partial charge on any atom is 0.320 e. The summed E-state index contributed by atoms with van der Waals surface area (Å²) in [6.45, 7) is 4.59. The maximum atomic E-state index is 12.2. The maximum absolute atomic E-state index is 12.2. The first-order chi connectivity index (χ1) is 8.16. The summed E-state index contributed by atoms with van der Waals surface area (Å²) < 4.78 is 5.01. The smallest absolute Gasteiger partial charge is 0.320 e. The van der Waals surface area contributed by atoms with Gasteiger partial charge >= 0.3 is 6.03 Å². The second-order valence-electron chi connectivity index (χ2n) is 4.96. The van der Waals surface area contributed by atoms with Crippen LogP contribution in [0.15, 0.2) is 23.0 Å². The summed E-state index contributed by atoms with van der Waals surface area (Å²) in [6.07, 6.45) is 5.67. The fourth-order valence-corrected chi connectivity index (χ4v) is 2.33. The Hall–Kier alpha value is -1.45. The third kappa shape index (κ3) is 3.02. The molecule has 17 heavy (non-hydrogen) atoms. The summed E-state index contributed by atoms with van der Waals surface area (Å²) in [5, 5.41) is 0. The molecule has 0 radical (unpaired) electrons. The van der Waals surface area contributed by atoms with Crippen LogP contribution >= 0.6 is 0 Å². The Bertz CT molecular complexity index is 362. The predicted octanol–water partition coefficient (Wildman–Crippen LogP) is 2.56. The monoisotopic (exact) mass is 236 g/mol. The lowest BCUT2D eigenvalue weighted by Crippen LogP contribution is -2.45. The van der Waals surface area contributed by atoms with Crippen molar-refractivity contribution in [3.05, 3.63) is 24.2 Å². The number of piperidine rings is 1. The summed E-state index contributed by atoms with van der Waals surface area (Å²) in [5.74, 6) is 0.620. The van der Waals surface area contributed by atoms with Crippen LogP contribution in [0.25, 0.3) is 0 Å². The molecule has 94 valence electrons. The van der Waals surface area contributed by atoms with Gasteiger partial charge in [0.15, 0.2) is 0 Å². The number of carbonyl (C=O) groups is 1. The Morgan fingerprint density at radius 1 is 1.65 bits per heavy atom. The Morgan fingerprint density at radius 3 is 3.12 bits per heavy atom. The molecule has 0 aliphatic carbocycles. The van der Waals surface area contributed by atoms with Crippen LogP contribution in [0.5, 0.6) is 0 Å². The molecule has 1 aliphatic heterocycles. The molecule has 4 heteroatoms. The van der Waals surface area contributed by atoms with Crippen molar-refractivity contribution in [1.82, 2.24) is 9.80 Å². The van der Waals surface area contributed by atoms with Gasteiger partial charge in [0.25, 0.3) is 0 Å². The van der Waals surface area contributed by atoms with Gasteiger partial charge in [-0.1, -0.05) is 6.92 Å². The zero-order valence-corrected chi connectivity index (χ0v) is 10.6. The van der Waals surface area contributed by atoms with Gasteiger partial charge in [0.05, 0.1) is 19.1 Å². The molecule has 0 N–H and O–H groups in total. The van der Waals surface area contributed by atoms with Crippen molar-refractivity contribution in [3.8, 4) is 0 Å². The SMILES string of the molecule is CC1CCCN(C(=O)N(C)Cc2ccoc2)C1. The molecule has 0 spiro atoms. The molecular weight excluding hydrogens is 216 g/mol. The van der Waals surface area contributed by atoms with Crippen molar-refractivity contribution in [3.63, 3.8) is 0 Å². The van der Waals surface area contributed by atoms with Crippen LogP contribution in [0.4, 0.5) is 4.79 Å². The summed E-state index contributed by atoms with van der Waals surface area (Å²) >= 11 is 0. The van der Waals surface area contributed by atoms with E-state index in [0.29, 0.717) is 12.5 Å². The highest BCUT2D eigenvalue weighted by molar-refractivity contribution is 5.74. The molecule has 1 aliphatic rings. The van der Waals surface area contributed by atoms with E-state index in [4.69, 9.17) is 4.42 Å². The molecule has 1 aromatic rings. The average molecular weight is 236 g/mol. The Balaban J connectivity index is 1.90. The number of hydrogen-bond acceptors (Lipinski definition) is 2. The lowest BCUT2D eigenvalue weighted by atomic mass is 10.0. The number of hydrogen-bond donors (Lipinski definition) is 0. The molecule has 1 fully saturated rings. The van der Waals surface area contributed by atoms with Gasteiger partial charge < -0.3 is 14.2 Å². The Kier molecular flexibility index (Phi) is 3.71. The number of carbonyl (C=O) groups excluding carboxylic acids is 1.